The van der Waals surface area contributed by atoms with E-state index in [0.717, 1.165) is 44.8 Å². The first-order valence-electron chi connectivity index (χ1n) is 15.4. The van der Waals surface area contributed by atoms with Crippen LogP contribution in [0.5, 0.6) is 0 Å². The smallest absolute Gasteiger partial charge is 0.410 e. The Balaban J connectivity index is 0. The van der Waals surface area contributed by atoms with Gasteiger partial charge < -0.3 is 34.6 Å². The summed E-state index contributed by atoms with van der Waals surface area (Å²) in [6, 6.07) is 1.43. The van der Waals surface area contributed by atoms with E-state index >= 15 is 0 Å². The highest BCUT2D eigenvalue weighted by molar-refractivity contribution is 6.29. The number of amides is 1. The average molecular weight is 713 g/mol. The lowest BCUT2D eigenvalue weighted by Gasteiger charge is -2.39. The predicted molar refractivity (Wildman–Crippen MR) is 195 cm³/mol. The Morgan fingerprint density at radius 3 is 1.86 bits per heavy atom. The molecule has 2 N–H and O–H groups in total. The largest absolute Gasteiger partial charge is 0.464 e. The number of nitrogens with zero attached hydrogens (tertiary/aromatic N) is 6. The molecule has 2 aromatic rings. The summed E-state index contributed by atoms with van der Waals surface area (Å²) < 4.78 is 14.4. The lowest BCUT2D eigenvalue weighted by Crippen LogP contribution is -2.57. The minimum absolute atomic E-state index is 0. The number of halogens is 1. The first-order chi connectivity index (χ1) is 21.7. The molecule has 4 rings (SSSR count). The van der Waals surface area contributed by atoms with Crippen molar-refractivity contribution in [3.8, 4) is 0 Å². The SMILES string of the molecule is C.C.C.CC[C@H]1CN(c2cnc(C(=O)OC)cn2)[C@H](C)CN1.CC[C@H]1CN[C@H](C)CN1C(=O)OC(C)(C)C.COC(=O)c1cnc(Cl)cn1. The number of nitrogens with one attached hydrogen (secondary N) is 2. The third-order valence-electron chi connectivity index (χ3n) is 7.20. The maximum absolute atomic E-state index is 12.0. The van der Waals surface area contributed by atoms with E-state index in [1.54, 1.807) is 6.20 Å². The van der Waals surface area contributed by atoms with E-state index in [1.807, 2.05) is 25.7 Å². The van der Waals surface area contributed by atoms with Gasteiger partial charge in [0.2, 0.25) is 0 Å². The molecule has 1 amide bonds. The number of aromatic nitrogens is 4. The molecule has 0 radical (unpaired) electrons. The van der Waals surface area contributed by atoms with Crippen LogP contribution in [0.3, 0.4) is 0 Å². The van der Waals surface area contributed by atoms with Crippen LogP contribution in [0.4, 0.5) is 10.6 Å². The van der Waals surface area contributed by atoms with E-state index in [0.29, 0.717) is 18.1 Å². The van der Waals surface area contributed by atoms with Gasteiger partial charge in [0.15, 0.2) is 11.4 Å². The summed E-state index contributed by atoms with van der Waals surface area (Å²) in [7, 11) is 2.61. The molecule has 15 heteroatoms. The van der Waals surface area contributed by atoms with Crippen molar-refractivity contribution in [1.29, 1.82) is 0 Å². The molecule has 0 spiro atoms. The third kappa shape index (κ3) is 15.6. The second-order valence-electron chi connectivity index (χ2n) is 12.0. The molecule has 4 atom stereocenters. The predicted octanol–water partition coefficient (Wildman–Crippen LogP) is 5.66. The van der Waals surface area contributed by atoms with E-state index in [2.05, 4.69) is 72.6 Å². The highest BCUT2D eigenvalue weighted by atomic mass is 35.5. The zero-order valence-electron chi connectivity index (χ0n) is 28.4. The molecule has 49 heavy (non-hydrogen) atoms. The fraction of sp³-hybridized carbons (Fsp3) is 0.676. The molecule has 0 aliphatic carbocycles. The number of anilines is 1. The lowest BCUT2D eigenvalue weighted by atomic mass is 10.1. The van der Waals surface area contributed by atoms with Crippen molar-refractivity contribution in [2.45, 2.75) is 113 Å². The van der Waals surface area contributed by atoms with Gasteiger partial charge in [0.1, 0.15) is 16.6 Å². The number of carbonyl (C=O) groups is 3. The van der Waals surface area contributed by atoms with Gasteiger partial charge in [-0.25, -0.2) is 34.3 Å². The summed E-state index contributed by atoms with van der Waals surface area (Å²) in [6.45, 7) is 17.6. The van der Waals surface area contributed by atoms with Crippen LogP contribution in [0.1, 0.15) is 105 Å². The number of hydrogen-bond acceptors (Lipinski definition) is 13. The number of piperazine rings is 2. The molecule has 280 valence electrons. The summed E-state index contributed by atoms with van der Waals surface area (Å²) >= 11 is 5.43. The molecule has 4 heterocycles. The fourth-order valence-electron chi connectivity index (χ4n) is 4.59. The van der Waals surface area contributed by atoms with E-state index < -0.39 is 17.5 Å². The van der Waals surface area contributed by atoms with Crippen molar-refractivity contribution >= 4 is 35.5 Å². The minimum Gasteiger partial charge on any atom is -0.464 e. The zero-order valence-corrected chi connectivity index (χ0v) is 29.1. The van der Waals surface area contributed by atoms with Crippen molar-refractivity contribution in [1.82, 2.24) is 35.5 Å². The quantitative estimate of drug-likeness (QED) is 0.289. The summed E-state index contributed by atoms with van der Waals surface area (Å²) in [5, 5.41) is 7.12. The van der Waals surface area contributed by atoms with Gasteiger partial charge in [-0.05, 0) is 47.5 Å². The van der Waals surface area contributed by atoms with Gasteiger partial charge in [-0.3, -0.25) is 0 Å². The Hall–Kier alpha value is -3.62. The van der Waals surface area contributed by atoms with Gasteiger partial charge >= 0.3 is 18.0 Å². The molecule has 0 bridgehead atoms. The van der Waals surface area contributed by atoms with E-state index in [4.69, 9.17) is 16.3 Å². The third-order valence-corrected chi connectivity index (χ3v) is 7.39. The Morgan fingerprint density at radius 1 is 0.837 bits per heavy atom. The number of rotatable bonds is 5. The number of hydrogen-bond donors (Lipinski definition) is 2. The maximum atomic E-state index is 12.0. The summed E-state index contributed by atoms with van der Waals surface area (Å²) in [5.41, 5.74) is -0.0262. The van der Waals surface area contributed by atoms with Gasteiger partial charge in [-0.2, -0.15) is 0 Å². The molecule has 0 unspecified atom stereocenters. The molecule has 2 aliphatic rings. The van der Waals surface area contributed by atoms with Crippen molar-refractivity contribution in [2.24, 2.45) is 0 Å². The van der Waals surface area contributed by atoms with Crippen LogP contribution in [-0.4, -0.2) is 113 Å². The molecule has 14 nitrogen and oxygen atoms in total. The van der Waals surface area contributed by atoms with Crippen molar-refractivity contribution in [3.63, 3.8) is 0 Å². The van der Waals surface area contributed by atoms with E-state index in [9.17, 15) is 14.4 Å². The molecule has 2 fully saturated rings. The van der Waals surface area contributed by atoms with E-state index in [1.165, 1.54) is 32.8 Å². The molecule has 2 aliphatic heterocycles. The molecule has 0 aromatic carbocycles. The van der Waals surface area contributed by atoms with Crippen LogP contribution in [0.25, 0.3) is 0 Å². The molecule has 2 aromatic heterocycles. The monoisotopic (exact) mass is 712 g/mol. The molecule has 0 saturated carbocycles. The summed E-state index contributed by atoms with van der Waals surface area (Å²) in [4.78, 5) is 53.9. The first kappa shape index (κ1) is 47.5. The molecule has 2 saturated heterocycles. The Morgan fingerprint density at radius 2 is 1.41 bits per heavy atom. The highest BCUT2D eigenvalue weighted by Gasteiger charge is 2.31. The van der Waals surface area contributed by atoms with Gasteiger partial charge in [-0.15, -0.1) is 0 Å². The van der Waals surface area contributed by atoms with Crippen molar-refractivity contribution in [2.75, 3.05) is 45.3 Å². The fourth-order valence-corrected chi connectivity index (χ4v) is 4.69. The second-order valence-corrected chi connectivity index (χ2v) is 12.4. The Bertz CT molecular complexity index is 1250. The molecular formula is C34H61ClN8O6. The highest BCUT2D eigenvalue weighted by Crippen LogP contribution is 2.18. The topological polar surface area (TPSA) is 161 Å². The number of ether oxygens (including phenoxy) is 3. The lowest BCUT2D eigenvalue weighted by molar-refractivity contribution is 0.00777. The summed E-state index contributed by atoms with van der Waals surface area (Å²) in [6.07, 6.45) is 7.50. The van der Waals surface area contributed by atoms with Crippen LogP contribution >= 0.6 is 11.6 Å². The van der Waals surface area contributed by atoms with Gasteiger partial charge in [-0.1, -0.05) is 47.7 Å². The Labute approximate surface area is 299 Å². The standard InChI is InChI=1S/C13H20N4O2.C12H24N2O2.C6H5ClN2O2.3CH4/c1-4-10-8-17(9(2)5-14-10)12-7-15-11(6-16-12)13(18)19-3;1-6-10-7-13-9(2)8-14(10)11(15)16-12(3,4)5;1-11-6(10)4-2-9-5(7)3-8-4;;;/h6-7,9-10,14H,4-5,8H2,1-3H3;9-10,13H,6-8H2,1-5H3;2-3H,1H3;3*1H4/t2*9-,10+;;;;/m11..../s1. The summed E-state index contributed by atoms with van der Waals surface area (Å²) in [5.74, 6) is -0.173. The van der Waals surface area contributed by atoms with Crippen LogP contribution in [0.15, 0.2) is 24.8 Å². The van der Waals surface area contributed by atoms with Crippen molar-refractivity contribution < 1.29 is 28.6 Å². The first-order valence-corrected chi connectivity index (χ1v) is 15.8. The van der Waals surface area contributed by atoms with Gasteiger partial charge in [0, 0.05) is 50.3 Å². The maximum Gasteiger partial charge on any atom is 0.410 e. The molecular weight excluding hydrogens is 652 g/mol. The van der Waals surface area contributed by atoms with Crippen LogP contribution in [0.2, 0.25) is 5.15 Å². The number of methoxy groups -OCH3 is 2. The normalized spacial score (nSPS) is 19.8. The zero-order chi connectivity index (χ0) is 34.4. The van der Waals surface area contributed by atoms with Crippen LogP contribution < -0.4 is 15.5 Å². The number of esters is 2. The number of carbonyl (C=O) groups excluding carboxylic acids is 3. The second kappa shape index (κ2) is 22.9. The minimum atomic E-state index is -0.519. The van der Waals surface area contributed by atoms with Crippen LogP contribution in [0, 0.1) is 0 Å². The van der Waals surface area contributed by atoms with Crippen LogP contribution in [-0.2, 0) is 14.2 Å². The van der Waals surface area contributed by atoms with Crippen molar-refractivity contribution in [3.05, 3.63) is 41.3 Å². The van der Waals surface area contributed by atoms with Gasteiger partial charge in [0.25, 0.3) is 0 Å². The van der Waals surface area contributed by atoms with E-state index in [-0.39, 0.29) is 51.0 Å². The average Bonchev–Trinajstić information content (AvgIpc) is 3.04. The Kier molecular flexibility index (Phi) is 22.2. The van der Waals surface area contributed by atoms with Gasteiger partial charge in [0.05, 0.1) is 39.0 Å².